The number of amides is 3. The van der Waals surface area contributed by atoms with Crippen LogP contribution in [0.1, 0.15) is 30.3 Å². The Bertz CT molecular complexity index is 763. The number of H-pyrrole nitrogens is 1. The van der Waals surface area contributed by atoms with Crippen molar-refractivity contribution in [1.82, 2.24) is 25.8 Å². The van der Waals surface area contributed by atoms with Gasteiger partial charge in [-0.25, -0.2) is 9.78 Å². The highest BCUT2D eigenvalue weighted by Crippen LogP contribution is 2.20. The summed E-state index contributed by atoms with van der Waals surface area (Å²) in [4.78, 5) is 27.4. The molecule has 0 bridgehead atoms. The van der Waals surface area contributed by atoms with Gasteiger partial charge >= 0.3 is 6.03 Å². The van der Waals surface area contributed by atoms with Gasteiger partial charge in [-0.3, -0.25) is 15.2 Å². The van der Waals surface area contributed by atoms with E-state index in [1.807, 2.05) is 39.0 Å². The Morgan fingerprint density at radius 2 is 2.12 bits per heavy atom. The first kappa shape index (κ1) is 19.8. The molecule has 0 spiro atoms. The van der Waals surface area contributed by atoms with Gasteiger partial charge in [-0.2, -0.15) is 0 Å². The quantitative estimate of drug-likeness (QED) is 0.609. The molecule has 26 heavy (non-hydrogen) atoms. The molecule has 0 aliphatic heterocycles. The number of urea groups is 1. The van der Waals surface area contributed by atoms with E-state index in [9.17, 15) is 9.59 Å². The maximum Gasteiger partial charge on any atom is 0.321 e. The maximum atomic E-state index is 11.7. The zero-order chi connectivity index (χ0) is 18.9. The molecule has 0 radical (unpaired) electrons. The lowest BCUT2D eigenvalue weighted by molar-refractivity contribution is -0.117. The summed E-state index contributed by atoms with van der Waals surface area (Å²) in [5.74, 6) is 1.01. The van der Waals surface area contributed by atoms with Crippen LogP contribution in [0.4, 0.5) is 4.79 Å². The topological polar surface area (TPSA) is 109 Å². The molecule has 2 rings (SSSR count). The molecule has 0 aliphatic carbocycles. The predicted octanol–water partition coefficient (Wildman–Crippen LogP) is 2.33. The third kappa shape index (κ3) is 6.40. The number of ether oxygens (including phenoxy) is 1. The first-order chi connectivity index (χ1) is 12.5. The summed E-state index contributed by atoms with van der Waals surface area (Å²) in [6, 6.07) is 5.51. The molecule has 0 fully saturated rings. The van der Waals surface area contributed by atoms with Gasteiger partial charge in [-0.1, -0.05) is 30.8 Å². The maximum absolute atomic E-state index is 11.7. The number of nitrogens with zero attached hydrogens (tertiary/aromatic N) is 2. The molecule has 0 aliphatic rings. The number of carbonyl (C=O) groups excluding carboxylic acids is 2. The molecule has 1 aromatic carbocycles. The Hall–Kier alpha value is -2.55. The standard InChI is InChI=1S/C17H23N5O3S/c1-4-7-18-16(24)20-15(23)10-26-17-19-14(21-22-17)9-25-13-8-11(2)5-6-12(13)3/h5-6,8H,4,7,9-10H2,1-3H3,(H,19,21,22)(H2,18,20,23,24). The summed E-state index contributed by atoms with van der Waals surface area (Å²) in [6.07, 6.45) is 0.806. The van der Waals surface area contributed by atoms with Gasteiger partial charge in [-0.05, 0) is 37.5 Å². The van der Waals surface area contributed by atoms with Crippen LogP contribution in [0.15, 0.2) is 23.4 Å². The highest BCUT2D eigenvalue weighted by atomic mass is 32.2. The van der Waals surface area contributed by atoms with E-state index in [4.69, 9.17) is 4.74 Å². The Kier molecular flexibility index (Phi) is 7.46. The molecule has 140 valence electrons. The van der Waals surface area contributed by atoms with Crippen LogP contribution >= 0.6 is 11.8 Å². The predicted molar refractivity (Wildman–Crippen MR) is 99.2 cm³/mol. The van der Waals surface area contributed by atoms with Gasteiger partial charge in [-0.15, -0.1) is 5.10 Å². The minimum atomic E-state index is -0.491. The van der Waals surface area contributed by atoms with Crippen molar-refractivity contribution in [3.05, 3.63) is 35.2 Å². The van der Waals surface area contributed by atoms with E-state index in [0.717, 1.165) is 35.1 Å². The molecule has 2 aromatic rings. The molecule has 0 saturated carbocycles. The minimum absolute atomic E-state index is 0.0503. The number of imide groups is 1. The molecule has 3 amide bonds. The number of aromatic amines is 1. The van der Waals surface area contributed by atoms with E-state index < -0.39 is 11.9 Å². The average molecular weight is 377 g/mol. The van der Waals surface area contributed by atoms with Crippen molar-refractivity contribution in [1.29, 1.82) is 0 Å². The highest BCUT2D eigenvalue weighted by Gasteiger charge is 2.11. The molecule has 9 heteroatoms. The van der Waals surface area contributed by atoms with Crippen LogP contribution in [0.5, 0.6) is 5.75 Å². The minimum Gasteiger partial charge on any atom is -0.485 e. The molecular formula is C17H23N5O3S. The Morgan fingerprint density at radius 1 is 1.31 bits per heavy atom. The van der Waals surface area contributed by atoms with Gasteiger partial charge in [0.15, 0.2) is 5.82 Å². The highest BCUT2D eigenvalue weighted by molar-refractivity contribution is 7.99. The van der Waals surface area contributed by atoms with Crippen molar-refractivity contribution in [3.8, 4) is 5.75 Å². The van der Waals surface area contributed by atoms with Crippen molar-refractivity contribution in [2.75, 3.05) is 12.3 Å². The van der Waals surface area contributed by atoms with E-state index in [0.29, 0.717) is 17.5 Å². The lowest BCUT2D eigenvalue weighted by Gasteiger charge is -2.08. The van der Waals surface area contributed by atoms with Crippen molar-refractivity contribution in [2.45, 2.75) is 39.0 Å². The fraction of sp³-hybridized carbons (Fsp3) is 0.412. The number of nitrogens with one attached hydrogen (secondary N) is 3. The average Bonchev–Trinajstić information content (AvgIpc) is 3.07. The molecule has 0 unspecified atom stereocenters. The normalized spacial score (nSPS) is 10.4. The van der Waals surface area contributed by atoms with Crippen LogP contribution in [0.25, 0.3) is 0 Å². The van der Waals surface area contributed by atoms with Gasteiger partial charge in [0, 0.05) is 6.54 Å². The molecular weight excluding hydrogens is 354 g/mol. The summed E-state index contributed by atoms with van der Waals surface area (Å²) in [5.41, 5.74) is 2.16. The second-order valence-electron chi connectivity index (χ2n) is 5.72. The Balaban J connectivity index is 1.78. The van der Waals surface area contributed by atoms with E-state index in [1.54, 1.807) is 0 Å². The van der Waals surface area contributed by atoms with Crippen LogP contribution in [0.3, 0.4) is 0 Å². The number of thioether (sulfide) groups is 1. The smallest absolute Gasteiger partial charge is 0.321 e. The van der Waals surface area contributed by atoms with Crippen molar-refractivity contribution >= 4 is 23.7 Å². The van der Waals surface area contributed by atoms with Crippen LogP contribution in [-0.4, -0.2) is 39.4 Å². The summed E-state index contributed by atoms with van der Waals surface area (Å²) < 4.78 is 5.76. The SMILES string of the molecule is CCCNC(=O)NC(=O)CSc1n[nH]c(COc2cc(C)ccc2C)n1. The Labute approximate surface area is 156 Å². The van der Waals surface area contributed by atoms with Crippen LogP contribution < -0.4 is 15.4 Å². The van der Waals surface area contributed by atoms with E-state index in [2.05, 4.69) is 25.8 Å². The fourth-order valence-electron chi connectivity index (χ4n) is 1.99. The zero-order valence-electron chi connectivity index (χ0n) is 15.1. The number of benzene rings is 1. The van der Waals surface area contributed by atoms with Gasteiger partial charge in [0.05, 0.1) is 5.75 Å². The molecule has 8 nitrogen and oxygen atoms in total. The molecule has 0 saturated heterocycles. The van der Waals surface area contributed by atoms with Gasteiger partial charge < -0.3 is 10.1 Å². The van der Waals surface area contributed by atoms with E-state index in [-0.39, 0.29) is 12.4 Å². The van der Waals surface area contributed by atoms with Gasteiger partial charge in [0.25, 0.3) is 0 Å². The van der Waals surface area contributed by atoms with Crippen molar-refractivity contribution < 1.29 is 14.3 Å². The first-order valence-corrected chi connectivity index (χ1v) is 9.28. The summed E-state index contributed by atoms with van der Waals surface area (Å²) in [6.45, 7) is 6.69. The molecule has 3 N–H and O–H groups in total. The number of hydrogen-bond donors (Lipinski definition) is 3. The summed E-state index contributed by atoms with van der Waals surface area (Å²) >= 11 is 1.14. The zero-order valence-corrected chi connectivity index (χ0v) is 15.9. The lowest BCUT2D eigenvalue weighted by atomic mass is 10.1. The number of aryl methyl sites for hydroxylation is 2. The fourth-order valence-corrected chi connectivity index (χ4v) is 2.61. The van der Waals surface area contributed by atoms with Gasteiger partial charge in [0.1, 0.15) is 12.4 Å². The summed E-state index contributed by atoms with van der Waals surface area (Å²) in [5, 5.41) is 12.1. The third-order valence-electron chi connectivity index (χ3n) is 3.34. The second-order valence-corrected chi connectivity index (χ2v) is 6.66. The summed E-state index contributed by atoms with van der Waals surface area (Å²) in [7, 11) is 0. The monoisotopic (exact) mass is 377 g/mol. The van der Waals surface area contributed by atoms with E-state index in [1.165, 1.54) is 0 Å². The Morgan fingerprint density at radius 3 is 2.88 bits per heavy atom. The second kappa shape index (κ2) is 9.81. The van der Waals surface area contributed by atoms with Crippen molar-refractivity contribution in [3.63, 3.8) is 0 Å². The van der Waals surface area contributed by atoms with Crippen LogP contribution in [0, 0.1) is 13.8 Å². The molecule has 1 aromatic heterocycles. The lowest BCUT2D eigenvalue weighted by Crippen LogP contribution is -2.40. The number of carbonyl (C=O) groups is 2. The van der Waals surface area contributed by atoms with Crippen LogP contribution in [-0.2, 0) is 11.4 Å². The van der Waals surface area contributed by atoms with Crippen molar-refractivity contribution in [2.24, 2.45) is 0 Å². The largest absolute Gasteiger partial charge is 0.485 e. The third-order valence-corrected chi connectivity index (χ3v) is 4.19. The number of rotatable bonds is 8. The van der Waals surface area contributed by atoms with Gasteiger partial charge in [0.2, 0.25) is 11.1 Å². The first-order valence-electron chi connectivity index (χ1n) is 8.29. The van der Waals surface area contributed by atoms with E-state index >= 15 is 0 Å². The molecule has 0 atom stereocenters. The number of hydrogen-bond acceptors (Lipinski definition) is 6. The van der Waals surface area contributed by atoms with Crippen LogP contribution in [0.2, 0.25) is 0 Å². The number of aromatic nitrogens is 3. The molecule has 1 heterocycles.